The van der Waals surface area contributed by atoms with E-state index in [1.807, 2.05) is 13.8 Å². The number of aliphatic hydroxyl groups excluding tert-OH is 1. The van der Waals surface area contributed by atoms with Crippen molar-refractivity contribution < 1.29 is 9.84 Å². The number of rotatable bonds is 0. The van der Waals surface area contributed by atoms with Crippen LogP contribution in [0.25, 0.3) is 0 Å². The molecule has 0 aliphatic carbocycles. The average Bonchev–Trinajstić information content (AvgIpc) is 1.82. The highest BCUT2D eigenvalue weighted by Crippen LogP contribution is 2.27. The molecule has 1 heterocycles. The fourth-order valence-corrected chi connectivity index (χ4v) is 0.957. The first-order valence-corrected chi connectivity index (χ1v) is 2.96. The lowest BCUT2D eigenvalue weighted by molar-refractivity contribution is -0.122. The second-order valence-electron chi connectivity index (χ2n) is 2.87. The Morgan fingerprint density at radius 3 is 2.38 bits per heavy atom. The molecule has 1 saturated heterocycles. The molecule has 2 nitrogen and oxygen atoms in total. The van der Waals surface area contributed by atoms with E-state index in [9.17, 15) is 0 Å². The molecule has 8 heavy (non-hydrogen) atoms. The minimum Gasteiger partial charge on any atom is -0.368 e. The fraction of sp³-hybridized carbons (Fsp3) is 1.00. The molecule has 0 unspecified atom stereocenters. The van der Waals surface area contributed by atoms with Crippen molar-refractivity contribution in [2.45, 2.75) is 38.6 Å². The lowest BCUT2D eigenvalue weighted by Crippen LogP contribution is -2.19. The van der Waals surface area contributed by atoms with Crippen molar-refractivity contribution in [3.05, 3.63) is 0 Å². The van der Waals surface area contributed by atoms with Crippen molar-refractivity contribution >= 4 is 0 Å². The summed E-state index contributed by atoms with van der Waals surface area (Å²) in [6, 6.07) is 0. The summed E-state index contributed by atoms with van der Waals surface area (Å²) in [6.45, 7) is 3.98. The molecular formula is C6H12O2. The summed E-state index contributed by atoms with van der Waals surface area (Å²) in [5.41, 5.74) is -0.0839. The third kappa shape index (κ3) is 1.20. The van der Waals surface area contributed by atoms with Crippen LogP contribution in [0.1, 0.15) is 26.7 Å². The third-order valence-corrected chi connectivity index (χ3v) is 1.45. The van der Waals surface area contributed by atoms with Crippen molar-refractivity contribution in [2.75, 3.05) is 0 Å². The molecule has 0 bridgehead atoms. The quantitative estimate of drug-likeness (QED) is 0.509. The highest BCUT2D eigenvalue weighted by Gasteiger charge is 2.29. The van der Waals surface area contributed by atoms with Crippen molar-refractivity contribution in [3.8, 4) is 0 Å². The smallest absolute Gasteiger partial charge is 0.155 e. The summed E-state index contributed by atoms with van der Waals surface area (Å²) in [5.74, 6) is 0. The van der Waals surface area contributed by atoms with Gasteiger partial charge in [-0.05, 0) is 20.3 Å². The largest absolute Gasteiger partial charge is 0.368 e. The minimum atomic E-state index is -0.509. The first kappa shape index (κ1) is 6.05. The van der Waals surface area contributed by atoms with Gasteiger partial charge in [-0.2, -0.15) is 0 Å². The van der Waals surface area contributed by atoms with Gasteiger partial charge in [0.25, 0.3) is 0 Å². The van der Waals surface area contributed by atoms with E-state index in [0.717, 1.165) is 12.8 Å². The van der Waals surface area contributed by atoms with Crippen LogP contribution in [0.2, 0.25) is 0 Å². The Kier molecular flexibility index (Phi) is 1.29. The Bertz CT molecular complexity index is 88.5. The Morgan fingerprint density at radius 2 is 2.25 bits per heavy atom. The molecular weight excluding hydrogens is 104 g/mol. The molecule has 0 radical (unpaired) electrons. The Morgan fingerprint density at radius 1 is 1.62 bits per heavy atom. The van der Waals surface area contributed by atoms with Gasteiger partial charge < -0.3 is 9.84 Å². The molecule has 1 aliphatic rings. The van der Waals surface area contributed by atoms with E-state index >= 15 is 0 Å². The van der Waals surface area contributed by atoms with E-state index in [1.54, 1.807) is 0 Å². The van der Waals surface area contributed by atoms with Gasteiger partial charge in [-0.25, -0.2) is 0 Å². The normalized spacial score (nSPS) is 35.6. The van der Waals surface area contributed by atoms with Crippen LogP contribution in [0.3, 0.4) is 0 Å². The molecule has 2 heteroatoms. The first-order chi connectivity index (χ1) is 3.60. The fourth-order valence-electron chi connectivity index (χ4n) is 0.957. The van der Waals surface area contributed by atoms with E-state index < -0.39 is 6.29 Å². The van der Waals surface area contributed by atoms with Gasteiger partial charge >= 0.3 is 0 Å². The van der Waals surface area contributed by atoms with E-state index in [-0.39, 0.29) is 5.60 Å². The van der Waals surface area contributed by atoms with Gasteiger partial charge in [0.1, 0.15) is 0 Å². The molecule has 1 N–H and O–H groups in total. The van der Waals surface area contributed by atoms with E-state index in [2.05, 4.69) is 0 Å². The third-order valence-electron chi connectivity index (χ3n) is 1.45. The van der Waals surface area contributed by atoms with E-state index in [4.69, 9.17) is 9.84 Å². The predicted octanol–water partition coefficient (Wildman–Crippen LogP) is 0.894. The van der Waals surface area contributed by atoms with E-state index in [1.165, 1.54) is 0 Å². The lowest BCUT2D eigenvalue weighted by atomic mass is 10.1. The first-order valence-electron chi connectivity index (χ1n) is 2.96. The topological polar surface area (TPSA) is 29.5 Å². The summed E-state index contributed by atoms with van der Waals surface area (Å²) >= 11 is 0. The maximum atomic E-state index is 8.84. The maximum absolute atomic E-state index is 8.84. The van der Waals surface area contributed by atoms with Crippen LogP contribution in [0.4, 0.5) is 0 Å². The van der Waals surface area contributed by atoms with Crippen LogP contribution in [0, 0.1) is 0 Å². The van der Waals surface area contributed by atoms with Crippen LogP contribution in [-0.2, 0) is 4.74 Å². The van der Waals surface area contributed by atoms with Crippen molar-refractivity contribution in [1.29, 1.82) is 0 Å². The van der Waals surface area contributed by atoms with Gasteiger partial charge in [0.2, 0.25) is 0 Å². The highest BCUT2D eigenvalue weighted by atomic mass is 16.6. The molecule has 1 atom stereocenters. The zero-order valence-electron chi connectivity index (χ0n) is 5.35. The van der Waals surface area contributed by atoms with Crippen LogP contribution in [0.5, 0.6) is 0 Å². The molecule has 1 rings (SSSR count). The monoisotopic (exact) mass is 116 g/mol. The minimum absolute atomic E-state index is 0.0839. The number of aliphatic hydroxyl groups is 1. The van der Waals surface area contributed by atoms with Crippen LogP contribution < -0.4 is 0 Å². The summed E-state index contributed by atoms with van der Waals surface area (Å²) in [6.07, 6.45) is 1.24. The standard InChI is InChI=1S/C6H12O2/c1-6(2)4-3-5(7)8-6/h5,7H,3-4H2,1-2H3/t5-/m1/s1. The van der Waals surface area contributed by atoms with Gasteiger partial charge in [-0.3, -0.25) is 0 Å². The second-order valence-corrected chi connectivity index (χ2v) is 2.87. The van der Waals surface area contributed by atoms with Gasteiger partial charge in [0.05, 0.1) is 5.60 Å². The molecule has 0 aromatic heterocycles. The SMILES string of the molecule is CC1(C)CC[C@H](O)O1. The summed E-state index contributed by atoms with van der Waals surface area (Å²) < 4.78 is 5.10. The van der Waals surface area contributed by atoms with Gasteiger partial charge in [-0.1, -0.05) is 0 Å². The molecule has 0 aromatic rings. The molecule has 1 fully saturated rings. The molecule has 1 aliphatic heterocycles. The van der Waals surface area contributed by atoms with Crippen molar-refractivity contribution in [2.24, 2.45) is 0 Å². The maximum Gasteiger partial charge on any atom is 0.155 e. The van der Waals surface area contributed by atoms with Gasteiger partial charge in [0, 0.05) is 6.42 Å². The summed E-state index contributed by atoms with van der Waals surface area (Å²) in [7, 11) is 0. The second kappa shape index (κ2) is 1.71. The summed E-state index contributed by atoms with van der Waals surface area (Å²) in [5, 5.41) is 8.84. The van der Waals surface area contributed by atoms with Crippen molar-refractivity contribution in [1.82, 2.24) is 0 Å². The van der Waals surface area contributed by atoms with Crippen molar-refractivity contribution in [3.63, 3.8) is 0 Å². The molecule has 0 spiro atoms. The predicted molar refractivity (Wildman–Crippen MR) is 30.4 cm³/mol. The Balaban J connectivity index is 2.44. The number of hydrogen-bond donors (Lipinski definition) is 1. The average molecular weight is 116 g/mol. The molecule has 0 saturated carbocycles. The van der Waals surface area contributed by atoms with Gasteiger partial charge in [0.15, 0.2) is 6.29 Å². The molecule has 0 amide bonds. The van der Waals surface area contributed by atoms with Gasteiger partial charge in [-0.15, -0.1) is 0 Å². The molecule has 0 aromatic carbocycles. The Hall–Kier alpha value is -0.0800. The van der Waals surface area contributed by atoms with Crippen LogP contribution in [0.15, 0.2) is 0 Å². The van der Waals surface area contributed by atoms with Crippen LogP contribution in [-0.4, -0.2) is 17.0 Å². The highest BCUT2D eigenvalue weighted by molar-refractivity contribution is 4.75. The number of ether oxygens (including phenoxy) is 1. The van der Waals surface area contributed by atoms with E-state index in [0.29, 0.717) is 0 Å². The zero-order chi connectivity index (χ0) is 6.20. The Labute approximate surface area is 49.5 Å². The number of hydrogen-bond acceptors (Lipinski definition) is 2. The lowest BCUT2D eigenvalue weighted by Gasteiger charge is -2.15. The zero-order valence-corrected chi connectivity index (χ0v) is 5.35. The molecule has 48 valence electrons. The summed E-state index contributed by atoms with van der Waals surface area (Å²) in [4.78, 5) is 0. The van der Waals surface area contributed by atoms with Crippen LogP contribution >= 0.6 is 0 Å².